The maximum Gasteiger partial charge on any atom is 0.274 e. The minimum absolute atomic E-state index is 0.125. The monoisotopic (exact) mass is 447 g/mol. The molecule has 1 saturated heterocycles. The fraction of sp³-hybridized carbons (Fsp3) is 0.0435. The fourth-order valence-corrected chi connectivity index (χ4v) is 5.69. The highest BCUT2D eigenvalue weighted by Gasteiger charge is 2.40. The number of aliphatic imine (C=N–C) groups is 1. The Hall–Kier alpha value is -3.36. The number of thioether (sulfide) groups is 2. The van der Waals surface area contributed by atoms with Crippen LogP contribution in [0.4, 0.5) is 17.1 Å². The summed E-state index contributed by atoms with van der Waals surface area (Å²) >= 11 is 2.88. The summed E-state index contributed by atoms with van der Waals surface area (Å²) < 4.78 is 0. The van der Waals surface area contributed by atoms with Crippen LogP contribution in [0.2, 0.25) is 0 Å². The highest BCUT2D eigenvalue weighted by Crippen LogP contribution is 2.50. The molecule has 0 unspecified atom stereocenters. The highest BCUT2D eigenvalue weighted by atomic mass is 32.2. The van der Waals surface area contributed by atoms with Crippen LogP contribution in [0.5, 0.6) is 11.5 Å². The number of rotatable bonds is 2. The lowest BCUT2D eigenvalue weighted by molar-refractivity contribution is -0.113. The van der Waals surface area contributed by atoms with Crippen molar-refractivity contribution in [1.29, 1.82) is 0 Å². The number of hydrogen-bond donors (Lipinski definition) is 2. The van der Waals surface area contributed by atoms with Gasteiger partial charge in [0, 0.05) is 11.9 Å². The summed E-state index contributed by atoms with van der Waals surface area (Å²) in [5, 5.41) is 20.6. The Morgan fingerprint density at radius 3 is 2.16 bits per heavy atom. The number of nitrogens with zero attached hydrogens (tertiary/aromatic N) is 3. The lowest BCUT2D eigenvalue weighted by Gasteiger charge is -2.16. The van der Waals surface area contributed by atoms with E-state index in [-0.39, 0.29) is 17.4 Å². The first-order valence-electron chi connectivity index (χ1n) is 9.45. The van der Waals surface area contributed by atoms with Gasteiger partial charge in [-0.3, -0.25) is 9.69 Å². The molecule has 6 nitrogen and oxygen atoms in total. The first kappa shape index (κ1) is 19.6. The minimum Gasteiger partial charge on any atom is -0.508 e. The van der Waals surface area contributed by atoms with Crippen molar-refractivity contribution in [1.82, 2.24) is 0 Å². The van der Waals surface area contributed by atoms with Crippen LogP contribution in [0.15, 0.2) is 92.6 Å². The Bertz CT molecular complexity index is 1240. The molecular weight excluding hydrogens is 430 g/mol. The van der Waals surface area contributed by atoms with Gasteiger partial charge in [-0.05, 0) is 72.4 Å². The molecule has 8 heteroatoms. The molecule has 0 spiro atoms. The summed E-state index contributed by atoms with van der Waals surface area (Å²) in [4.78, 5) is 23.5. The molecule has 31 heavy (non-hydrogen) atoms. The van der Waals surface area contributed by atoms with E-state index in [1.54, 1.807) is 65.2 Å². The number of carbonyl (C=O) groups excluding carboxylic acids is 1. The van der Waals surface area contributed by atoms with Crippen molar-refractivity contribution in [2.24, 2.45) is 4.99 Å². The van der Waals surface area contributed by atoms with Crippen LogP contribution in [0.25, 0.3) is 0 Å². The predicted octanol–water partition coefficient (Wildman–Crippen LogP) is 5.28. The first-order valence-corrected chi connectivity index (χ1v) is 11.1. The van der Waals surface area contributed by atoms with Crippen LogP contribution in [0.1, 0.15) is 0 Å². The van der Waals surface area contributed by atoms with Gasteiger partial charge in [0.25, 0.3) is 5.91 Å². The van der Waals surface area contributed by atoms with Crippen molar-refractivity contribution in [3.05, 3.63) is 82.7 Å². The fourth-order valence-electron chi connectivity index (χ4n) is 3.35. The number of amidine groups is 1. The second kappa shape index (κ2) is 7.72. The Balaban J connectivity index is 1.61. The van der Waals surface area contributed by atoms with E-state index < -0.39 is 0 Å². The number of aromatic hydroxyl groups is 2. The van der Waals surface area contributed by atoms with Crippen LogP contribution in [0, 0.1) is 0 Å². The number of phenols is 2. The third-order valence-corrected chi connectivity index (χ3v) is 7.29. The van der Waals surface area contributed by atoms with Crippen molar-refractivity contribution in [2.45, 2.75) is 4.90 Å². The highest BCUT2D eigenvalue weighted by molar-refractivity contribution is 8.20. The SMILES string of the molecule is CN1C(=C2SC(=Nc3ccc(O)cc3)N(c3ccc(O)cc3)C2=O)Sc2ccccc21. The third kappa shape index (κ3) is 3.54. The number of hydrogen-bond acceptors (Lipinski definition) is 7. The second-order valence-electron chi connectivity index (χ2n) is 6.93. The van der Waals surface area contributed by atoms with Crippen molar-refractivity contribution >= 4 is 51.7 Å². The van der Waals surface area contributed by atoms with Gasteiger partial charge >= 0.3 is 0 Å². The average molecular weight is 448 g/mol. The smallest absolute Gasteiger partial charge is 0.274 e. The molecule has 5 rings (SSSR count). The van der Waals surface area contributed by atoms with Gasteiger partial charge in [-0.25, -0.2) is 4.99 Å². The molecule has 2 aliphatic heterocycles. The van der Waals surface area contributed by atoms with Crippen LogP contribution in [-0.4, -0.2) is 28.3 Å². The van der Waals surface area contributed by atoms with E-state index in [0.717, 1.165) is 15.6 Å². The molecule has 2 N–H and O–H groups in total. The van der Waals surface area contributed by atoms with Crippen molar-refractivity contribution in [3.8, 4) is 11.5 Å². The standard InChI is InChI=1S/C23H17N3O3S2/c1-25-18-4-2-3-5-19(18)30-22(25)20-21(29)26(15-8-12-17(28)13-9-15)23(31-20)24-14-6-10-16(27)11-7-14/h2-13,27-28H,1H3. The lowest BCUT2D eigenvalue weighted by Crippen LogP contribution is -2.29. The predicted molar refractivity (Wildman–Crippen MR) is 126 cm³/mol. The Labute approximate surface area is 187 Å². The van der Waals surface area contributed by atoms with Gasteiger partial charge < -0.3 is 15.1 Å². The molecular formula is C23H17N3O3S2. The van der Waals surface area contributed by atoms with Gasteiger partial charge in [0.1, 0.15) is 16.4 Å². The zero-order valence-electron chi connectivity index (χ0n) is 16.4. The molecule has 3 aromatic rings. The van der Waals surface area contributed by atoms with Gasteiger partial charge in [0.15, 0.2) is 5.17 Å². The summed E-state index contributed by atoms with van der Waals surface area (Å²) in [5.41, 5.74) is 2.30. The normalized spacial score (nSPS) is 19.4. The molecule has 1 amide bonds. The molecule has 3 aromatic carbocycles. The van der Waals surface area contributed by atoms with Gasteiger partial charge in [0.2, 0.25) is 0 Å². The summed E-state index contributed by atoms with van der Waals surface area (Å²) in [6.07, 6.45) is 0. The van der Waals surface area contributed by atoms with E-state index in [4.69, 9.17) is 0 Å². The topological polar surface area (TPSA) is 76.4 Å². The van der Waals surface area contributed by atoms with E-state index in [2.05, 4.69) is 4.99 Å². The van der Waals surface area contributed by atoms with Gasteiger partial charge in [-0.2, -0.15) is 0 Å². The van der Waals surface area contributed by atoms with Crippen LogP contribution in [-0.2, 0) is 4.79 Å². The summed E-state index contributed by atoms with van der Waals surface area (Å²) in [6, 6.07) is 21.0. The maximum absolute atomic E-state index is 13.6. The second-order valence-corrected chi connectivity index (χ2v) is 8.94. The van der Waals surface area contributed by atoms with Crippen molar-refractivity contribution in [3.63, 3.8) is 0 Å². The molecule has 154 valence electrons. The molecule has 0 aliphatic carbocycles. The van der Waals surface area contributed by atoms with E-state index in [1.165, 1.54) is 11.8 Å². The molecule has 0 radical (unpaired) electrons. The van der Waals surface area contributed by atoms with E-state index >= 15 is 0 Å². The van der Waals surface area contributed by atoms with Gasteiger partial charge in [0.05, 0.1) is 22.1 Å². The summed E-state index contributed by atoms with van der Waals surface area (Å²) in [5.74, 6) is 0.106. The largest absolute Gasteiger partial charge is 0.508 e. The van der Waals surface area contributed by atoms with Crippen molar-refractivity contribution in [2.75, 3.05) is 16.8 Å². The molecule has 1 fully saturated rings. The Morgan fingerprint density at radius 1 is 0.839 bits per heavy atom. The van der Waals surface area contributed by atoms with Crippen LogP contribution in [0.3, 0.4) is 0 Å². The molecule has 0 atom stereocenters. The van der Waals surface area contributed by atoms with Crippen LogP contribution < -0.4 is 9.80 Å². The quantitative estimate of drug-likeness (QED) is 0.521. The lowest BCUT2D eigenvalue weighted by atomic mass is 10.2. The Kier molecular flexibility index (Phi) is 4.88. The summed E-state index contributed by atoms with van der Waals surface area (Å²) in [7, 11) is 1.95. The number of para-hydroxylation sites is 1. The number of amides is 1. The van der Waals surface area contributed by atoms with Crippen molar-refractivity contribution < 1.29 is 15.0 Å². The molecule has 0 aromatic heterocycles. The Morgan fingerprint density at radius 2 is 1.48 bits per heavy atom. The first-order chi connectivity index (χ1) is 15.0. The van der Waals surface area contributed by atoms with Gasteiger partial charge in [-0.15, -0.1) is 0 Å². The van der Waals surface area contributed by atoms with E-state index in [9.17, 15) is 15.0 Å². The minimum atomic E-state index is -0.171. The number of anilines is 2. The van der Waals surface area contributed by atoms with Gasteiger partial charge in [-0.1, -0.05) is 23.9 Å². The molecule has 2 aliphatic rings. The van der Waals surface area contributed by atoms with E-state index in [0.29, 0.717) is 21.4 Å². The molecule has 2 heterocycles. The number of fused-ring (bicyclic) bond motifs is 1. The number of phenolic OH excluding ortho intramolecular Hbond substituents is 2. The van der Waals surface area contributed by atoms with E-state index in [1.807, 2.05) is 36.2 Å². The number of carbonyl (C=O) groups is 1. The zero-order valence-corrected chi connectivity index (χ0v) is 18.0. The average Bonchev–Trinajstić information content (AvgIpc) is 3.27. The number of benzene rings is 3. The van der Waals surface area contributed by atoms with Crippen LogP contribution >= 0.6 is 23.5 Å². The zero-order chi connectivity index (χ0) is 21.5. The maximum atomic E-state index is 13.6. The molecule has 0 saturated carbocycles. The summed E-state index contributed by atoms with van der Waals surface area (Å²) in [6.45, 7) is 0. The third-order valence-electron chi connectivity index (χ3n) is 4.90. The molecule has 0 bridgehead atoms.